The Morgan fingerprint density at radius 2 is 2.07 bits per heavy atom. The van der Waals surface area contributed by atoms with E-state index >= 15 is 0 Å². The molecule has 0 aromatic heterocycles. The Labute approximate surface area is 95.2 Å². The topological polar surface area (TPSA) is 12.0 Å². The molecule has 1 nitrogen and oxygen atoms in total. The molecule has 0 bridgehead atoms. The molecule has 0 aliphatic rings. The van der Waals surface area contributed by atoms with Crippen LogP contribution in [0.5, 0.6) is 0 Å². The zero-order chi connectivity index (χ0) is 10.2. The van der Waals surface area contributed by atoms with Crippen molar-refractivity contribution in [3.63, 3.8) is 0 Å². The van der Waals surface area contributed by atoms with Crippen molar-refractivity contribution in [2.24, 2.45) is 0 Å². The maximum atomic E-state index is 6.22. The summed E-state index contributed by atoms with van der Waals surface area (Å²) in [6.45, 7) is 1.86. The Kier molecular flexibility index (Phi) is 6.08. The summed E-state index contributed by atoms with van der Waals surface area (Å²) in [6, 6.07) is 10.2. The van der Waals surface area contributed by atoms with Crippen molar-refractivity contribution in [1.29, 1.82) is 0 Å². The van der Waals surface area contributed by atoms with Crippen molar-refractivity contribution in [2.75, 3.05) is 25.1 Å². The second-order valence-corrected chi connectivity index (χ2v) is 4.59. The van der Waals surface area contributed by atoms with Crippen LogP contribution in [-0.2, 0) is 0 Å². The third kappa shape index (κ3) is 4.36. The molecule has 1 atom stereocenters. The molecule has 0 aliphatic heterocycles. The Morgan fingerprint density at radius 1 is 1.36 bits per heavy atom. The summed E-state index contributed by atoms with van der Waals surface area (Å²) in [6.07, 6.45) is 2.11. The van der Waals surface area contributed by atoms with E-state index < -0.39 is 0 Å². The molecule has 0 spiro atoms. The summed E-state index contributed by atoms with van der Waals surface area (Å²) >= 11 is 8.06. The van der Waals surface area contributed by atoms with Gasteiger partial charge in [-0.1, -0.05) is 30.3 Å². The van der Waals surface area contributed by atoms with Gasteiger partial charge in [0, 0.05) is 18.8 Å². The van der Waals surface area contributed by atoms with E-state index in [2.05, 4.69) is 23.7 Å². The smallest absolute Gasteiger partial charge is 0.0709 e. The molecule has 1 N–H and O–H groups in total. The van der Waals surface area contributed by atoms with E-state index in [4.69, 9.17) is 11.6 Å². The standard InChI is InChI=1S/C11H16ClNS/c1-14-8-7-13-9-11(12)10-5-3-2-4-6-10/h2-6,11,13H,7-9H2,1H3. The first kappa shape index (κ1) is 11.9. The molecule has 1 rings (SSSR count). The summed E-state index contributed by atoms with van der Waals surface area (Å²) in [5.41, 5.74) is 1.19. The van der Waals surface area contributed by atoms with Crippen molar-refractivity contribution in [3.05, 3.63) is 35.9 Å². The van der Waals surface area contributed by atoms with Crippen molar-refractivity contribution in [1.82, 2.24) is 5.32 Å². The Hall–Kier alpha value is -0.180. The molecule has 14 heavy (non-hydrogen) atoms. The van der Waals surface area contributed by atoms with Crippen LogP contribution in [0.15, 0.2) is 30.3 Å². The highest BCUT2D eigenvalue weighted by atomic mass is 35.5. The number of halogens is 1. The van der Waals surface area contributed by atoms with E-state index in [1.807, 2.05) is 30.0 Å². The highest BCUT2D eigenvalue weighted by Gasteiger charge is 2.05. The van der Waals surface area contributed by atoms with Crippen LogP contribution in [0.4, 0.5) is 0 Å². The summed E-state index contributed by atoms with van der Waals surface area (Å²) < 4.78 is 0. The lowest BCUT2D eigenvalue weighted by molar-refractivity contribution is 0.707. The molecule has 0 aliphatic carbocycles. The molecule has 0 heterocycles. The van der Waals surface area contributed by atoms with Gasteiger partial charge >= 0.3 is 0 Å². The fourth-order valence-corrected chi connectivity index (χ4v) is 1.79. The number of nitrogens with one attached hydrogen (secondary N) is 1. The van der Waals surface area contributed by atoms with Crippen molar-refractivity contribution < 1.29 is 0 Å². The summed E-state index contributed by atoms with van der Waals surface area (Å²) in [5.74, 6) is 1.14. The van der Waals surface area contributed by atoms with Gasteiger partial charge in [0.15, 0.2) is 0 Å². The SMILES string of the molecule is CSCCNCC(Cl)c1ccccc1. The van der Waals surface area contributed by atoms with Crippen LogP contribution in [0.3, 0.4) is 0 Å². The van der Waals surface area contributed by atoms with Crippen LogP contribution in [0.2, 0.25) is 0 Å². The molecule has 1 unspecified atom stereocenters. The van der Waals surface area contributed by atoms with Gasteiger partial charge in [-0.2, -0.15) is 11.8 Å². The Bertz CT molecular complexity index is 240. The van der Waals surface area contributed by atoms with Crippen LogP contribution in [0, 0.1) is 0 Å². The molecular weight excluding hydrogens is 214 g/mol. The van der Waals surface area contributed by atoms with Gasteiger partial charge in [-0.15, -0.1) is 11.6 Å². The van der Waals surface area contributed by atoms with Crippen molar-refractivity contribution in [2.45, 2.75) is 5.38 Å². The lowest BCUT2D eigenvalue weighted by Gasteiger charge is -2.10. The fourth-order valence-electron chi connectivity index (χ4n) is 1.18. The monoisotopic (exact) mass is 229 g/mol. The predicted octanol–water partition coefficient (Wildman–Crippen LogP) is 2.92. The first-order valence-electron chi connectivity index (χ1n) is 4.73. The molecule has 0 radical (unpaired) electrons. The van der Waals surface area contributed by atoms with Gasteiger partial charge in [-0.05, 0) is 11.8 Å². The number of hydrogen-bond donors (Lipinski definition) is 1. The molecule has 3 heteroatoms. The van der Waals surface area contributed by atoms with E-state index in [0.717, 1.165) is 18.8 Å². The number of hydrogen-bond acceptors (Lipinski definition) is 2. The maximum absolute atomic E-state index is 6.22. The van der Waals surface area contributed by atoms with Gasteiger partial charge in [0.25, 0.3) is 0 Å². The van der Waals surface area contributed by atoms with Crippen molar-refractivity contribution >= 4 is 23.4 Å². The third-order valence-corrected chi connectivity index (χ3v) is 2.99. The highest BCUT2D eigenvalue weighted by Crippen LogP contribution is 2.18. The van der Waals surface area contributed by atoms with Gasteiger partial charge in [-0.25, -0.2) is 0 Å². The Balaban J connectivity index is 2.25. The van der Waals surface area contributed by atoms with Gasteiger partial charge in [0.05, 0.1) is 5.38 Å². The van der Waals surface area contributed by atoms with Crippen LogP contribution in [0.25, 0.3) is 0 Å². The normalized spacial score (nSPS) is 12.7. The number of thioether (sulfide) groups is 1. The van der Waals surface area contributed by atoms with Crippen molar-refractivity contribution in [3.8, 4) is 0 Å². The lowest BCUT2D eigenvalue weighted by Crippen LogP contribution is -2.21. The minimum absolute atomic E-state index is 0.0815. The fraction of sp³-hybridized carbons (Fsp3) is 0.455. The first-order valence-corrected chi connectivity index (χ1v) is 6.56. The summed E-state index contributed by atoms with van der Waals surface area (Å²) in [5, 5.41) is 3.41. The van der Waals surface area contributed by atoms with Gasteiger partial charge in [0.2, 0.25) is 0 Å². The van der Waals surface area contributed by atoms with Crippen LogP contribution in [-0.4, -0.2) is 25.1 Å². The van der Waals surface area contributed by atoms with E-state index in [-0.39, 0.29) is 5.38 Å². The van der Waals surface area contributed by atoms with Crippen LogP contribution < -0.4 is 5.32 Å². The quantitative estimate of drug-likeness (QED) is 0.595. The highest BCUT2D eigenvalue weighted by molar-refractivity contribution is 7.98. The van der Waals surface area contributed by atoms with E-state index in [9.17, 15) is 0 Å². The molecule has 1 aromatic rings. The summed E-state index contributed by atoms with van der Waals surface area (Å²) in [7, 11) is 0. The molecule has 0 saturated carbocycles. The molecular formula is C11H16ClNS. The molecule has 0 fully saturated rings. The molecule has 1 aromatic carbocycles. The molecule has 0 amide bonds. The maximum Gasteiger partial charge on any atom is 0.0709 e. The second-order valence-electron chi connectivity index (χ2n) is 3.08. The zero-order valence-electron chi connectivity index (χ0n) is 8.37. The van der Waals surface area contributed by atoms with E-state index in [1.165, 1.54) is 5.56 Å². The average molecular weight is 230 g/mol. The number of benzene rings is 1. The second kappa shape index (κ2) is 7.16. The minimum atomic E-state index is 0.0815. The predicted molar refractivity (Wildman–Crippen MR) is 66.3 cm³/mol. The summed E-state index contributed by atoms with van der Waals surface area (Å²) in [4.78, 5) is 0. The van der Waals surface area contributed by atoms with Crippen LogP contribution >= 0.6 is 23.4 Å². The van der Waals surface area contributed by atoms with E-state index in [0.29, 0.717) is 0 Å². The largest absolute Gasteiger partial charge is 0.314 e. The Morgan fingerprint density at radius 3 is 2.71 bits per heavy atom. The first-order chi connectivity index (χ1) is 6.84. The van der Waals surface area contributed by atoms with Gasteiger partial charge in [-0.3, -0.25) is 0 Å². The molecule has 0 saturated heterocycles. The number of alkyl halides is 1. The molecule has 78 valence electrons. The van der Waals surface area contributed by atoms with E-state index in [1.54, 1.807) is 0 Å². The zero-order valence-corrected chi connectivity index (χ0v) is 9.94. The average Bonchev–Trinajstić information content (AvgIpc) is 2.25. The van der Waals surface area contributed by atoms with Crippen LogP contribution in [0.1, 0.15) is 10.9 Å². The number of rotatable bonds is 6. The van der Waals surface area contributed by atoms with Gasteiger partial charge < -0.3 is 5.32 Å². The lowest BCUT2D eigenvalue weighted by atomic mass is 10.1. The van der Waals surface area contributed by atoms with Gasteiger partial charge in [0.1, 0.15) is 0 Å². The minimum Gasteiger partial charge on any atom is -0.314 e. The third-order valence-electron chi connectivity index (χ3n) is 1.97.